The molecule has 2 aliphatic rings. The van der Waals surface area contributed by atoms with Gasteiger partial charge in [-0.15, -0.1) is 0 Å². The van der Waals surface area contributed by atoms with Gasteiger partial charge in [-0.05, 0) is 31.0 Å². The molecule has 2 aromatic carbocycles. The quantitative estimate of drug-likeness (QED) is 0.789. The Hall–Kier alpha value is -3.49. The van der Waals surface area contributed by atoms with Crippen molar-refractivity contribution in [3.05, 3.63) is 59.7 Å². The van der Waals surface area contributed by atoms with Crippen LogP contribution in [0, 0.1) is 11.6 Å². The topological polar surface area (TPSA) is 79.0 Å². The van der Waals surface area contributed by atoms with Gasteiger partial charge in [0, 0.05) is 24.7 Å². The molecular formula is C22H21F2N3O4. The second-order valence-electron chi connectivity index (χ2n) is 7.49. The molecule has 0 radical (unpaired) electrons. The molecule has 2 aromatic rings. The monoisotopic (exact) mass is 429 g/mol. The zero-order valence-corrected chi connectivity index (χ0v) is 16.6. The van der Waals surface area contributed by atoms with E-state index in [0.717, 1.165) is 12.1 Å². The zero-order valence-electron chi connectivity index (χ0n) is 16.6. The Morgan fingerprint density at radius 2 is 1.97 bits per heavy atom. The van der Waals surface area contributed by atoms with Gasteiger partial charge in [-0.3, -0.25) is 19.3 Å². The van der Waals surface area contributed by atoms with Gasteiger partial charge in [0.05, 0.1) is 5.69 Å². The van der Waals surface area contributed by atoms with E-state index in [1.54, 1.807) is 24.3 Å². The molecule has 1 fully saturated rings. The van der Waals surface area contributed by atoms with Gasteiger partial charge in [-0.1, -0.05) is 18.2 Å². The van der Waals surface area contributed by atoms with Crippen LogP contribution in [0.4, 0.5) is 14.5 Å². The molecule has 3 amide bonds. The molecule has 1 saturated heterocycles. The third kappa shape index (κ3) is 4.50. The number of benzene rings is 2. The van der Waals surface area contributed by atoms with Crippen molar-refractivity contribution in [1.82, 2.24) is 10.2 Å². The maximum atomic E-state index is 14.0. The Kier molecular flexibility index (Phi) is 5.83. The van der Waals surface area contributed by atoms with E-state index < -0.39 is 23.6 Å². The first-order valence-electron chi connectivity index (χ1n) is 9.96. The van der Waals surface area contributed by atoms with E-state index in [1.807, 2.05) is 0 Å². The first kappa shape index (κ1) is 20.8. The van der Waals surface area contributed by atoms with Crippen LogP contribution in [0.15, 0.2) is 42.5 Å². The Balaban J connectivity index is 1.40. The lowest BCUT2D eigenvalue weighted by Crippen LogP contribution is -2.54. The van der Waals surface area contributed by atoms with Crippen LogP contribution in [0.25, 0.3) is 0 Å². The van der Waals surface area contributed by atoms with E-state index in [0.29, 0.717) is 30.8 Å². The van der Waals surface area contributed by atoms with Crippen molar-refractivity contribution in [3.63, 3.8) is 0 Å². The van der Waals surface area contributed by atoms with Crippen LogP contribution in [0.1, 0.15) is 18.4 Å². The fraction of sp³-hybridized carbons (Fsp3) is 0.318. The number of carbonyl (C=O) groups excluding carboxylic acids is 3. The molecule has 7 nitrogen and oxygen atoms in total. The maximum absolute atomic E-state index is 14.0. The van der Waals surface area contributed by atoms with Crippen molar-refractivity contribution in [2.45, 2.75) is 25.4 Å². The number of amides is 3. The van der Waals surface area contributed by atoms with Gasteiger partial charge in [-0.2, -0.15) is 0 Å². The van der Waals surface area contributed by atoms with Crippen LogP contribution >= 0.6 is 0 Å². The minimum absolute atomic E-state index is 0.00730. The second-order valence-corrected chi connectivity index (χ2v) is 7.49. The van der Waals surface area contributed by atoms with Gasteiger partial charge in [0.15, 0.2) is 6.61 Å². The normalized spacial score (nSPS) is 18.5. The summed E-state index contributed by atoms with van der Waals surface area (Å²) in [5.41, 5.74) is 0.703. The van der Waals surface area contributed by atoms with Crippen LogP contribution in [-0.4, -0.2) is 48.4 Å². The molecule has 1 atom stereocenters. The number of likely N-dealkylation sites (tertiary alicyclic amines) is 1. The average Bonchev–Trinajstić information content (AvgIpc) is 2.75. The fourth-order valence-corrected chi connectivity index (χ4v) is 3.80. The lowest BCUT2D eigenvalue weighted by atomic mass is 10.0. The van der Waals surface area contributed by atoms with Gasteiger partial charge in [-0.25, -0.2) is 8.78 Å². The van der Waals surface area contributed by atoms with E-state index in [4.69, 9.17) is 4.74 Å². The number of ether oxygens (including phenoxy) is 1. The molecule has 2 aliphatic heterocycles. The Morgan fingerprint density at radius 1 is 1.16 bits per heavy atom. The van der Waals surface area contributed by atoms with Crippen LogP contribution in [0.3, 0.4) is 0 Å². The van der Waals surface area contributed by atoms with Crippen LogP contribution in [-0.2, 0) is 20.9 Å². The standard InChI is InChI=1S/C22H21F2N3O4/c23-15-8-7-14(16(24)10-15)11-26-9-3-4-17(22(26)30)25-20(28)12-27-18-5-1-2-6-19(18)31-13-21(27)29/h1-2,5-8,10,17H,3-4,9,11-13H2,(H,25,28). The molecule has 0 aliphatic carbocycles. The number of hydrogen-bond acceptors (Lipinski definition) is 4. The van der Waals surface area contributed by atoms with Crippen LogP contribution in [0.5, 0.6) is 5.75 Å². The highest BCUT2D eigenvalue weighted by Gasteiger charge is 2.32. The summed E-state index contributed by atoms with van der Waals surface area (Å²) in [4.78, 5) is 40.4. The van der Waals surface area contributed by atoms with E-state index in [1.165, 1.54) is 15.9 Å². The molecule has 9 heteroatoms. The molecule has 2 heterocycles. The Labute approximate surface area is 177 Å². The van der Waals surface area contributed by atoms with Crippen molar-refractivity contribution in [2.75, 3.05) is 24.6 Å². The number of piperidine rings is 1. The molecule has 1 N–H and O–H groups in total. The summed E-state index contributed by atoms with van der Waals surface area (Å²) in [6, 6.07) is 9.37. The predicted molar refractivity (Wildman–Crippen MR) is 107 cm³/mol. The minimum atomic E-state index is -0.767. The highest BCUT2D eigenvalue weighted by molar-refractivity contribution is 6.02. The number of nitrogens with one attached hydrogen (secondary N) is 1. The Morgan fingerprint density at radius 3 is 2.77 bits per heavy atom. The average molecular weight is 429 g/mol. The summed E-state index contributed by atoms with van der Waals surface area (Å²) in [5, 5.41) is 2.69. The first-order valence-corrected chi connectivity index (χ1v) is 9.96. The van der Waals surface area contributed by atoms with Crippen molar-refractivity contribution < 1.29 is 27.9 Å². The van der Waals surface area contributed by atoms with Gasteiger partial charge in [0.2, 0.25) is 11.8 Å². The number of para-hydroxylation sites is 2. The minimum Gasteiger partial charge on any atom is -0.482 e. The second kappa shape index (κ2) is 8.71. The first-order chi connectivity index (χ1) is 14.9. The number of nitrogens with zero attached hydrogens (tertiary/aromatic N) is 2. The number of carbonyl (C=O) groups is 3. The van der Waals surface area contributed by atoms with Crippen LogP contribution in [0.2, 0.25) is 0 Å². The zero-order chi connectivity index (χ0) is 22.0. The van der Waals surface area contributed by atoms with Gasteiger partial charge >= 0.3 is 0 Å². The summed E-state index contributed by atoms with van der Waals surface area (Å²) >= 11 is 0. The summed E-state index contributed by atoms with van der Waals surface area (Å²) < 4.78 is 32.4. The SMILES string of the molecule is O=C(CN1C(=O)COc2ccccc21)NC1CCCN(Cc2ccc(F)cc2F)C1=O. The number of anilines is 1. The number of rotatable bonds is 5. The molecule has 162 valence electrons. The van der Waals surface area contributed by atoms with Crippen molar-refractivity contribution in [2.24, 2.45) is 0 Å². The molecule has 0 saturated carbocycles. The lowest BCUT2D eigenvalue weighted by Gasteiger charge is -2.34. The smallest absolute Gasteiger partial charge is 0.265 e. The third-order valence-electron chi connectivity index (χ3n) is 5.35. The molecule has 0 bridgehead atoms. The van der Waals surface area contributed by atoms with E-state index in [9.17, 15) is 23.2 Å². The van der Waals surface area contributed by atoms with Gasteiger partial charge in [0.1, 0.15) is 30.0 Å². The summed E-state index contributed by atoms with van der Waals surface area (Å²) in [7, 11) is 0. The van der Waals surface area contributed by atoms with Crippen molar-refractivity contribution >= 4 is 23.4 Å². The van der Waals surface area contributed by atoms with E-state index >= 15 is 0 Å². The van der Waals surface area contributed by atoms with Gasteiger partial charge < -0.3 is 15.0 Å². The number of fused-ring (bicyclic) bond motifs is 1. The maximum Gasteiger partial charge on any atom is 0.265 e. The number of halogens is 2. The highest BCUT2D eigenvalue weighted by atomic mass is 19.1. The van der Waals surface area contributed by atoms with Gasteiger partial charge in [0.25, 0.3) is 5.91 Å². The summed E-state index contributed by atoms with van der Waals surface area (Å²) in [6.07, 6.45) is 1.07. The number of hydrogen-bond donors (Lipinski definition) is 1. The third-order valence-corrected chi connectivity index (χ3v) is 5.35. The summed E-state index contributed by atoms with van der Waals surface area (Å²) in [6.45, 7) is 0.00320. The summed E-state index contributed by atoms with van der Waals surface area (Å²) in [5.74, 6) is -2.05. The molecule has 0 spiro atoms. The molecular weight excluding hydrogens is 408 g/mol. The lowest BCUT2D eigenvalue weighted by molar-refractivity contribution is -0.139. The predicted octanol–water partition coefficient (Wildman–Crippen LogP) is 2.00. The largest absolute Gasteiger partial charge is 0.482 e. The molecule has 4 rings (SSSR count). The highest BCUT2D eigenvalue weighted by Crippen LogP contribution is 2.31. The fourth-order valence-electron chi connectivity index (χ4n) is 3.80. The van der Waals surface area contributed by atoms with E-state index in [-0.39, 0.29) is 37.1 Å². The van der Waals surface area contributed by atoms with Crippen molar-refractivity contribution in [1.29, 1.82) is 0 Å². The van der Waals surface area contributed by atoms with Crippen molar-refractivity contribution in [3.8, 4) is 5.75 Å². The molecule has 31 heavy (non-hydrogen) atoms. The molecule has 0 aromatic heterocycles. The van der Waals surface area contributed by atoms with E-state index in [2.05, 4.69) is 5.32 Å². The Bertz CT molecular complexity index is 1030. The molecule has 1 unspecified atom stereocenters. The van der Waals surface area contributed by atoms with Crippen LogP contribution < -0.4 is 15.0 Å².